The van der Waals surface area contributed by atoms with Gasteiger partial charge in [-0.3, -0.25) is 4.79 Å². The number of hydrogen-bond donors (Lipinski definition) is 3. The summed E-state index contributed by atoms with van der Waals surface area (Å²) in [5.74, 6) is -1.64. The van der Waals surface area contributed by atoms with E-state index in [0.29, 0.717) is 5.56 Å². The van der Waals surface area contributed by atoms with Gasteiger partial charge in [0.1, 0.15) is 5.75 Å². The van der Waals surface area contributed by atoms with Gasteiger partial charge in [0.25, 0.3) is 5.91 Å². The minimum atomic E-state index is -1.11. The van der Waals surface area contributed by atoms with Crippen LogP contribution in [0.3, 0.4) is 0 Å². The Hall–Kier alpha value is -3.15. The van der Waals surface area contributed by atoms with Crippen molar-refractivity contribution in [2.45, 2.75) is 0 Å². The second-order valence-electron chi connectivity index (χ2n) is 4.14. The van der Waals surface area contributed by atoms with Crippen LogP contribution in [0.15, 0.2) is 53.6 Å². The molecule has 0 bridgehead atoms. The number of phenols is 1. The van der Waals surface area contributed by atoms with Gasteiger partial charge in [-0.05, 0) is 30.3 Å². The van der Waals surface area contributed by atoms with Crippen molar-refractivity contribution >= 4 is 18.1 Å². The highest BCUT2D eigenvalue weighted by Crippen LogP contribution is 2.16. The van der Waals surface area contributed by atoms with Crippen molar-refractivity contribution in [2.75, 3.05) is 0 Å². The number of carboxylic acids is 1. The summed E-state index contributed by atoms with van der Waals surface area (Å²) in [7, 11) is 0. The highest BCUT2D eigenvalue weighted by atomic mass is 16.4. The molecule has 1 amide bonds. The minimum Gasteiger partial charge on any atom is -0.507 e. The number of benzene rings is 2. The first kappa shape index (κ1) is 14.3. The second kappa shape index (κ2) is 6.33. The molecule has 2 rings (SSSR count). The number of amides is 1. The van der Waals surface area contributed by atoms with Gasteiger partial charge in [0, 0.05) is 11.1 Å². The third-order valence-corrected chi connectivity index (χ3v) is 2.68. The number of hydrogen-bond acceptors (Lipinski definition) is 4. The molecule has 6 nitrogen and oxygen atoms in total. The fraction of sp³-hybridized carbons (Fsp3) is 0. The van der Waals surface area contributed by atoms with Crippen molar-refractivity contribution in [3.63, 3.8) is 0 Å². The van der Waals surface area contributed by atoms with Gasteiger partial charge >= 0.3 is 5.97 Å². The Balaban J connectivity index is 2.10. The molecule has 0 aliphatic carbocycles. The fourth-order valence-electron chi connectivity index (χ4n) is 1.61. The molecule has 6 heteroatoms. The van der Waals surface area contributed by atoms with Gasteiger partial charge in [0.2, 0.25) is 0 Å². The molecule has 0 saturated heterocycles. The predicted molar refractivity (Wildman–Crippen MR) is 76.6 cm³/mol. The number of nitrogens with one attached hydrogen (secondary N) is 1. The molecular formula is C15H12N2O4. The summed E-state index contributed by atoms with van der Waals surface area (Å²) in [4.78, 5) is 22.5. The second-order valence-corrected chi connectivity index (χ2v) is 4.14. The maximum absolute atomic E-state index is 11.7. The van der Waals surface area contributed by atoms with E-state index in [9.17, 15) is 14.7 Å². The number of carbonyl (C=O) groups excluding carboxylic acids is 1. The fourth-order valence-corrected chi connectivity index (χ4v) is 1.61. The summed E-state index contributed by atoms with van der Waals surface area (Å²) in [6.07, 6.45) is 1.18. The first-order valence-corrected chi connectivity index (χ1v) is 6.02. The van der Waals surface area contributed by atoms with Crippen molar-refractivity contribution in [3.8, 4) is 5.75 Å². The summed E-state index contributed by atoms with van der Waals surface area (Å²) >= 11 is 0. The van der Waals surface area contributed by atoms with Gasteiger partial charge < -0.3 is 10.2 Å². The Labute approximate surface area is 120 Å². The SMILES string of the molecule is O=C(O)c1ccc(O)c(C=NNC(=O)c2ccccc2)c1. The lowest BCUT2D eigenvalue weighted by Gasteiger charge is -2.01. The molecule has 2 aromatic rings. The van der Waals surface area contributed by atoms with E-state index in [1.807, 2.05) is 0 Å². The molecule has 0 heterocycles. The lowest BCUT2D eigenvalue weighted by Crippen LogP contribution is -2.17. The third-order valence-electron chi connectivity index (χ3n) is 2.68. The number of carbonyl (C=O) groups is 2. The Kier molecular flexibility index (Phi) is 4.30. The largest absolute Gasteiger partial charge is 0.507 e. The standard InChI is InChI=1S/C15H12N2O4/c18-13-7-6-11(15(20)21)8-12(13)9-16-17-14(19)10-4-2-1-3-5-10/h1-9,18H,(H,17,19)(H,20,21). The first-order valence-electron chi connectivity index (χ1n) is 6.02. The Bertz CT molecular complexity index is 696. The Morgan fingerprint density at radius 2 is 1.76 bits per heavy atom. The van der Waals surface area contributed by atoms with Gasteiger partial charge in [0.05, 0.1) is 11.8 Å². The molecule has 0 saturated carbocycles. The van der Waals surface area contributed by atoms with E-state index in [-0.39, 0.29) is 16.9 Å². The predicted octanol–water partition coefficient (Wildman–Crippen LogP) is 1.85. The van der Waals surface area contributed by atoms with Gasteiger partial charge in [-0.2, -0.15) is 5.10 Å². The average Bonchev–Trinajstić information content (AvgIpc) is 2.49. The van der Waals surface area contributed by atoms with Crippen LogP contribution in [0.5, 0.6) is 5.75 Å². The van der Waals surface area contributed by atoms with E-state index in [2.05, 4.69) is 10.5 Å². The number of phenolic OH excluding ortho intramolecular Hbond substituents is 1. The number of nitrogens with zero attached hydrogens (tertiary/aromatic N) is 1. The van der Waals surface area contributed by atoms with Crippen LogP contribution in [0.25, 0.3) is 0 Å². The molecule has 0 atom stereocenters. The molecular weight excluding hydrogens is 272 g/mol. The maximum atomic E-state index is 11.7. The topological polar surface area (TPSA) is 99.0 Å². The van der Waals surface area contributed by atoms with E-state index in [4.69, 9.17) is 5.11 Å². The van der Waals surface area contributed by atoms with Crippen LogP contribution in [0.4, 0.5) is 0 Å². The van der Waals surface area contributed by atoms with Gasteiger partial charge in [0.15, 0.2) is 0 Å². The quantitative estimate of drug-likeness (QED) is 0.589. The average molecular weight is 284 g/mol. The summed E-state index contributed by atoms with van der Waals surface area (Å²) in [6, 6.07) is 12.3. The Morgan fingerprint density at radius 1 is 1.05 bits per heavy atom. The highest BCUT2D eigenvalue weighted by molar-refractivity contribution is 5.96. The van der Waals surface area contributed by atoms with Crippen LogP contribution in [0, 0.1) is 0 Å². The zero-order valence-electron chi connectivity index (χ0n) is 10.9. The molecule has 0 aromatic heterocycles. The van der Waals surface area contributed by atoms with Crippen LogP contribution in [0.2, 0.25) is 0 Å². The van der Waals surface area contributed by atoms with Crippen LogP contribution >= 0.6 is 0 Å². The summed E-state index contributed by atoms with van der Waals surface area (Å²) in [5.41, 5.74) is 2.95. The van der Waals surface area contributed by atoms with Crippen LogP contribution in [-0.2, 0) is 0 Å². The van der Waals surface area contributed by atoms with Gasteiger partial charge in [-0.15, -0.1) is 0 Å². The van der Waals surface area contributed by atoms with Gasteiger partial charge in [-0.1, -0.05) is 18.2 Å². The smallest absolute Gasteiger partial charge is 0.335 e. The van der Waals surface area contributed by atoms with Crippen molar-refractivity contribution in [1.82, 2.24) is 5.43 Å². The van der Waals surface area contributed by atoms with Crippen molar-refractivity contribution in [3.05, 3.63) is 65.2 Å². The van der Waals surface area contributed by atoms with Crippen LogP contribution in [-0.4, -0.2) is 28.3 Å². The molecule has 0 spiro atoms. The van der Waals surface area contributed by atoms with Crippen molar-refractivity contribution < 1.29 is 19.8 Å². The molecule has 3 N–H and O–H groups in total. The lowest BCUT2D eigenvalue weighted by molar-refractivity contribution is 0.0696. The Morgan fingerprint density at radius 3 is 2.43 bits per heavy atom. The zero-order chi connectivity index (χ0) is 15.2. The summed E-state index contributed by atoms with van der Waals surface area (Å²) < 4.78 is 0. The molecule has 0 fully saturated rings. The minimum absolute atomic E-state index is 0.0173. The molecule has 106 valence electrons. The van der Waals surface area contributed by atoms with E-state index in [0.717, 1.165) is 0 Å². The highest BCUT2D eigenvalue weighted by Gasteiger charge is 2.07. The number of rotatable bonds is 4. The van der Waals surface area contributed by atoms with E-state index in [1.54, 1.807) is 30.3 Å². The van der Waals surface area contributed by atoms with Crippen LogP contribution in [0.1, 0.15) is 26.3 Å². The molecule has 0 unspecified atom stereocenters. The summed E-state index contributed by atoms with van der Waals surface area (Å²) in [5, 5.41) is 22.2. The monoisotopic (exact) mass is 284 g/mol. The number of carboxylic acid groups (broad SMARTS) is 1. The van der Waals surface area contributed by atoms with E-state index < -0.39 is 11.9 Å². The number of aromatic hydroxyl groups is 1. The molecule has 0 aliphatic heterocycles. The molecule has 0 radical (unpaired) electrons. The van der Waals surface area contributed by atoms with E-state index in [1.165, 1.54) is 24.4 Å². The lowest BCUT2D eigenvalue weighted by atomic mass is 10.1. The van der Waals surface area contributed by atoms with E-state index >= 15 is 0 Å². The summed E-state index contributed by atoms with van der Waals surface area (Å²) in [6.45, 7) is 0. The normalized spacial score (nSPS) is 10.5. The third kappa shape index (κ3) is 3.66. The van der Waals surface area contributed by atoms with Crippen molar-refractivity contribution in [2.24, 2.45) is 5.10 Å². The maximum Gasteiger partial charge on any atom is 0.335 e. The zero-order valence-corrected chi connectivity index (χ0v) is 10.9. The van der Waals surface area contributed by atoms with Gasteiger partial charge in [-0.25, -0.2) is 10.2 Å². The molecule has 21 heavy (non-hydrogen) atoms. The van der Waals surface area contributed by atoms with Crippen LogP contribution < -0.4 is 5.43 Å². The number of hydrazone groups is 1. The molecule has 0 aliphatic rings. The first-order chi connectivity index (χ1) is 10.1. The molecule has 2 aromatic carbocycles. The number of aromatic carboxylic acids is 1. The van der Waals surface area contributed by atoms with Crippen molar-refractivity contribution in [1.29, 1.82) is 0 Å².